The second-order valence-electron chi connectivity index (χ2n) is 6.55. The quantitative estimate of drug-likeness (QED) is 0.643. The summed E-state index contributed by atoms with van der Waals surface area (Å²) in [5, 5.41) is 15.9. The first-order chi connectivity index (χ1) is 13.7. The van der Waals surface area contributed by atoms with Crippen LogP contribution in [-0.2, 0) is 4.74 Å². The van der Waals surface area contributed by atoms with E-state index in [1.54, 1.807) is 29.5 Å². The molecule has 2 N–H and O–H groups in total. The highest BCUT2D eigenvalue weighted by Gasteiger charge is 2.28. The molecule has 0 radical (unpaired) electrons. The molecule has 2 unspecified atom stereocenters. The number of esters is 1. The monoisotopic (exact) mass is 392 g/mol. The summed E-state index contributed by atoms with van der Waals surface area (Å²) in [6.07, 6.45) is 0.414. The van der Waals surface area contributed by atoms with Gasteiger partial charge in [0.15, 0.2) is 0 Å². The van der Waals surface area contributed by atoms with Gasteiger partial charge in [0, 0.05) is 22.9 Å². The number of benzene rings is 2. The van der Waals surface area contributed by atoms with E-state index >= 15 is 0 Å². The van der Waals surface area contributed by atoms with Gasteiger partial charge in [0.25, 0.3) is 0 Å². The van der Waals surface area contributed by atoms with E-state index in [-0.39, 0.29) is 23.9 Å². The maximum atomic E-state index is 11.7. The molecule has 4 rings (SSSR count). The van der Waals surface area contributed by atoms with Crippen LogP contribution in [0.4, 0.5) is 0 Å². The zero-order chi connectivity index (χ0) is 19.5. The van der Waals surface area contributed by atoms with Crippen molar-refractivity contribution in [1.82, 2.24) is 5.32 Å². The molecule has 6 heteroatoms. The van der Waals surface area contributed by atoms with Crippen molar-refractivity contribution in [3.63, 3.8) is 0 Å². The van der Waals surface area contributed by atoms with Gasteiger partial charge in [0.1, 0.15) is 11.9 Å². The maximum absolute atomic E-state index is 11.7. The molecule has 142 valence electrons. The first kappa shape index (κ1) is 18.4. The van der Waals surface area contributed by atoms with E-state index in [0.29, 0.717) is 12.0 Å². The Labute approximate surface area is 167 Å². The zero-order valence-electron chi connectivity index (χ0n) is 15.3. The third-order valence-electron chi connectivity index (χ3n) is 4.81. The summed E-state index contributed by atoms with van der Waals surface area (Å²) >= 11 is 1.66. The van der Waals surface area contributed by atoms with Crippen LogP contribution in [0.5, 0.6) is 5.75 Å². The van der Waals surface area contributed by atoms with Crippen molar-refractivity contribution in [2.24, 2.45) is 4.99 Å². The number of nitrogens with zero attached hydrogens (tertiary/aromatic N) is 1. The van der Waals surface area contributed by atoms with Gasteiger partial charge in [-0.2, -0.15) is 0 Å². The minimum absolute atomic E-state index is 0.0684. The molecule has 2 atom stereocenters. The predicted molar refractivity (Wildman–Crippen MR) is 110 cm³/mol. The molecule has 0 fully saturated rings. The number of hydrogen-bond donors (Lipinski definition) is 2. The molecule has 28 heavy (non-hydrogen) atoms. The van der Waals surface area contributed by atoms with Crippen molar-refractivity contribution in [2.45, 2.75) is 18.6 Å². The molecule has 0 saturated heterocycles. The second-order valence-corrected chi connectivity index (χ2v) is 7.50. The number of aliphatic imine (C=N–C) groups is 1. The van der Waals surface area contributed by atoms with Crippen molar-refractivity contribution < 1.29 is 14.6 Å². The van der Waals surface area contributed by atoms with E-state index in [4.69, 9.17) is 9.73 Å². The van der Waals surface area contributed by atoms with E-state index in [1.807, 2.05) is 41.8 Å². The molecule has 0 saturated carbocycles. The lowest BCUT2D eigenvalue weighted by Crippen LogP contribution is -2.32. The molecule has 3 aromatic rings. The van der Waals surface area contributed by atoms with Crippen LogP contribution in [0.1, 0.15) is 45.0 Å². The minimum Gasteiger partial charge on any atom is -0.508 e. The first-order valence-electron chi connectivity index (χ1n) is 8.98. The lowest BCUT2D eigenvalue weighted by molar-refractivity contribution is 0.0600. The standard InChI is InChI=1S/C22H20N2O3S/c1-27-22(26)15-10-8-14(9-11-15)21-23-17(16-5-2-3-6-19(16)25)13-18(24-21)20-7-4-12-28-20/h2-12,17,21,23,25H,13H2,1H3. The van der Waals surface area contributed by atoms with E-state index < -0.39 is 0 Å². The number of carbonyl (C=O) groups excluding carboxylic acids is 1. The smallest absolute Gasteiger partial charge is 0.337 e. The fraction of sp³-hybridized carbons (Fsp3) is 0.182. The third-order valence-corrected chi connectivity index (χ3v) is 5.73. The number of para-hydroxylation sites is 1. The lowest BCUT2D eigenvalue weighted by atomic mass is 9.96. The normalized spacial score (nSPS) is 19.1. The van der Waals surface area contributed by atoms with Crippen LogP contribution in [0.3, 0.4) is 0 Å². The molecule has 5 nitrogen and oxygen atoms in total. The molecular weight excluding hydrogens is 372 g/mol. The zero-order valence-corrected chi connectivity index (χ0v) is 16.1. The predicted octanol–water partition coefficient (Wildman–Crippen LogP) is 4.46. The summed E-state index contributed by atoms with van der Waals surface area (Å²) in [5.74, 6) is -0.0924. The van der Waals surface area contributed by atoms with Crippen LogP contribution in [0.25, 0.3) is 0 Å². The average Bonchev–Trinajstić information content (AvgIpc) is 3.28. The number of carbonyl (C=O) groups is 1. The Morgan fingerprint density at radius 3 is 2.61 bits per heavy atom. The highest BCUT2D eigenvalue weighted by molar-refractivity contribution is 7.12. The van der Waals surface area contributed by atoms with E-state index in [0.717, 1.165) is 21.7 Å². The molecule has 0 amide bonds. The number of thiophene rings is 1. The van der Waals surface area contributed by atoms with Crippen LogP contribution in [0.15, 0.2) is 71.0 Å². The van der Waals surface area contributed by atoms with Crippen LogP contribution < -0.4 is 5.32 Å². The van der Waals surface area contributed by atoms with Gasteiger partial charge in [-0.1, -0.05) is 36.4 Å². The van der Waals surface area contributed by atoms with Gasteiger partial charge in [-0.15, -0.1) is 11.3 Å². The van der Waals surface area contributed by atoms with Crippen LogP contribution >= 0.6 is 11.3 Å². The number of aromatic hydroxyl groups is 1. The van der Waals surface area contributed by atoms with Gasteiger partial charge in [0.05, 0.1) is 18.4 Å². The average molecular weight is 392 g/mol. The Morgan fingerprint density at radius 2 is 1.93 bits per heavy atom. The van der Waals surface area contributed by atoms with Crippen LogP contribution in [-0.4, -0.2) is 23.9 Å². The van der Waals surface area contributed by atoms with Crippen LogP contribution in [0, 0.1) is 0 Å². The Balaban J connectivity index is 1.69. The summed E-state index contributed by atoms with van der Waals surface area (Å²) < 4.78 is 4.77. The van der Waals surface area contributed by atoms with E-state index in [9.17, 15) is 9.90 Å². The molecular formula is C22H20N2O3S. The van der Waals surface area contributed by atoms with E-state index in [2.05, 4.69) is 11.4 Å². The molecule has 2 heterocycles. The summed E-state index contributed by atoms with van der Waals surface area (Å²) in [7, 11) is 1.37. The maximum Gasteiger partial charge on any atom is 0.337 e. The molecule has 0 bridgehead atoms. The van der Waals surface area contributed by atoms with Gasteiger partial charge in [-0.25, -0.2) is 4.79 Å². The first-order valence-corrected chi connectivity index (χ1v) is 9.86. The van der Waals surface area contributed by atoms with Crippen molar-refractivity contribution >= 4 is 23.0 Å². The topological polar surface area (TPSA) is 70.9 Å². The molecule has 0 spiro atoms. The number of rotatable bonds is 4. The summed E-state index contributed by atoms with van der Waals surface area (Å²) in [6.45, 7) is 0. The van der Waals surface area contributed by atoms with Gasteiger partial charge in [-0.3, -0.25) is 10.3 Å². The van der Waals surface area contributed by atoms with Gasteiger partial charge < -0.3 is 9.84 Å². The minimum atomic E-state index is -0.363. The Morgan fingerprint density at radius 1 is 1.14 bits per heavy atom. The van der Waals surface area contributed by atoms with Crippen molar-refractivity contribution in [3.05, 3.63) is 87.6 Å². The van der Waals surface area contributed by atoms with Gasteiger partial charge in [0.2, 0.25) is 0 Å². The Kier molecular flexibility index (Phi) is 5.23. The highest BCUT2D eigenvalue weighted by atomic mass is 32.1. The summed E-state index contributed by atoms with van der Waals surface area (Å²) in [5.41, 5.74) is 3.30. The fourth-order valence-electron chi connectivity index (χ4n) is 3.37. The number of ether oxygens (including phenoxy) is 1. The van der Waals surface area contributed by atoms with Gasteiger partial charge in [-0.05, 0) is 35.2 Å². The largest absolute Gasteiger partial charge is 0.508 e. The number of phenolic OH excluding ortho intramolecular Hbond substituents is 1. The van der Waals surface area contributed by atoms with E-state index in [1.165, 1.54) is 7.11 Å². The SMILES string of the molecule is COC(=O)c1ccc(C2N=C(c3cccs3)CC(c3ccccc3O)N2)cc1. The molecule has 1 aliphatic rings. The number of methoxy groups -OCH3 is 1. The van der Waals surface area contributed by atoms with Gasteiger partial charge >= 0.3 is 5.97 Å². The number of hydrogen-bond acceptors (Lipinski definition) is 6. The highest BCUT2D eigenvalue weighted by Crippen LogP contribution is 2.35. The van der Waals surface area contributed by atoms with Crippen molar-refractivity contribution in [3.8, 4) is 5.75 Å². The molecule has 2 aromatic carbocycles. The molecule has 0 aliphatic carbocycles. The van der Waals surface area contributed by atoms with Crippen molar-refractivity contribution in [2.75, 3.05) is 7.11 Å². The number of nitrogens with one attached hydrogen (secondary N) is 1. The molecule has 1 aliphatic heterocycles. The lowest BCUT2D eigenvalue weighted by Gasteiger charge is -2.30. The Hall–Kier alpha value is -2.96. The Bertz CT molecular complexity index is 997. The number of phenols is 1. The van der Waals surface area contributed by atoms with Crippen molar-refractivity contribution in [1.29, 1.82) is 0 Å². The van der Waals surface area contributed by atoms with Crippen LogP contribution in [0.2, 0.25) is 0 Å². The summed E-state index contributed by atoms with van der Waals surface area (Å²) in [6, 6.07) is 18.6. The third kappa shape index (κ3) is 3.69. The summed E-state index contributed by atoms with van der Waals surface area (Å²) in [4.78, 5) is 17.7. The fourth-order valence-corrected chi connectivity index (χ4v) is 4.10. The second kappa shape index (κ2) is 7.96. The molecule has 1 aromatic heterocycles.